The van der Waals surface area contributed by atoms with E-state index in [9.17, 15) is 9.59 Å². The molecule has 0 atom stereocenters. The maximum Gasteiger partial charge on any atom is 0.328 e. The molecule has 0 aliphatic heterocycles. The minimum absolute atomic E-state index is 0.280. The summed E-state index contributed by atoms with van der Waals surface area (Å²) in [7, 11) is 1.69. The first-order chi connectivity index (χ1) is 6.54. The summed E-state index contributed by atoms with van der Waals surface area (Å²) >= 11 is 4.91. The predicted molar refractivity (Wildman–Crippen MR) is 57.7 cm³/mol. The maximum absolute atomic E-state index is 11.3. The number of nitrogens with one attached hydrogen (secondary N) is 2. The highest BCUT2D eigenvalue weighted by Gasteiger charge is 2.01. The Morgan fingerprint density at radius 2 is 2.29 bits per heavy atom. The van der Waals surface area contributed by atoms with Crippen LogP contribution >= 0.6 is 12.2 Å². The van der Waals surface area contributed by atoms with Crippen molar-refractivity contribution in [3.05, 3.63) is 32.6 Å². The maximum atomic E-state index is 11.3. The van der Waals surface area contributed by atoms with E-state index in [0.29, 0.717) is 10.6 Å². The van der Waals surface area contributed by atoms with E-state index in [4.69, 9.17) is 12.2 Å². The van der Waals surface area contributed by atoms with Crippen molar-refractivity contribution in [1.82, 2.24) is 14.9 Å². The fourth-order valence-corrected chi connectivity index (χ4v) is 1.11. The van der Waals surface area contributed by atoms with Gasteiger partial charge >= 0.3 is 5.69 Å². The zero-order valence-corrected chi connectivity index (χ0v) is 8.77. The van der Waals surface area contributed by atoms with E-state index >= 15 is 0 Å². The molecule has 0 aliphatic carbocycles. The third kappa shape index (κ3) is 2.29. The van der Waals surface area contributed by atoms with Gasteiger partial charge in [-0.25, -0.2) is 4.79 Å². The average molecular weight is 213 g/mol. The number of H-pyrrole nitrogens is 1. The van der Waals surface area contributed by atoms with Gasteiger partial charge in [-0.2, -0.15) is 0 Å². The van der Waals surface area contributed by atoms with Crippen LogP contribution in [-0.2, 0) is 6.54 Å². The van der Waals surface area contributed by atoms with Crippen LogP contribution in [0.25, 0.3) is 0 Å². The Labute approximate surface area is 85.8 Å². The van der Waals surface area contributed by atoms with E-state index in [1.54, 1.807) is 14.0 Å². The van der Waals surface area contributed by atoms with E-state index in [2.05, 4.69) is 10.3 Å². The SMILES string of the molecule is CNC(=S)Cn1cc(C)c(=O)[nH]c1=O. The van der Waals surface area contributed by atoms with Gasteiger partial charge < -0.3 is 5.32 Å². The number of hydrogen-bond donors (Lipinski definition) is 2. The molecule has 6 heteroatoms. The van der Waals surface area contributed by atoms with Gasteiger partial charge in [-0.3, -0.25) is 14.3 Å². The van der Waals surface area contributed by atoms with E-state index in [1.807, 2.05) is 0 Å². The Bertz CT molecular complexity index is 460. The first-order valence-corrected chi connectivity index (χ1v) is 4.46. The molecule has 5 nitrogen and oxygen atoms in total. The lowest BCUT2D eigenvalue weighted by Crippen LogP contribution is -2.34. The fraction of sp³-hybridized carbons (Fsp3) is 0.375. The lowest BCUT2D eigenvalue weighted by molar-refractivity contribution is 0.743. The summed E-state index contributed by atoms with van der Waals surface area (Å²) < 4.78 is 1.36. The molecule has 76 valence electrons. The Kier molecular flexibility index (Phi) is 3.19. The van der Waals surface area contributed by atoms with Crippen molar-refractivity contribution >= 4 is 17.2 Å². The highest BCUT2D eigenvalue weighted by molar-refractivity contribution is 7.80. The van der Waals surface area contributed by atoms with Crippen LogP contribution < -0.4 is 16.6 Å². The average Bonchev–Trinajstić information content (AvgIpc) is 2.14. The van der Waals surface area contributed by atoms with Crippen molar-refractivity contribution in [3.63, 3.8) is 0 Å². The molecule has 0 aliphatic rings. The molecular formula is C8H11N3O2S. The number of rotatable bonds is 2. The second-order valence-electron chi connectivity index (χ2n) is 2.87. The van der Waals surface area contributed by atoms with Gasteiger partial charge in [-0.15, -0.1) is 0 Å². The van der Waals surface area contributed by atoms with Gasteiger partial charge in [0.15, 0.2) is 0 Å². The monoisotopic (exact) mass is 213 g/mol. The van der Waals surface area contributed by atoms with Crippen molar-refractivity contribution in [3.8, 4) is 0 Å². The largest absolute Gasteiger partial charge is 0.381 e. The van der Waals surface area contributed by atoms with Gasteiger partial charge in [0.1, 0.15) is 0 Å². The lowest BCUT2D eigenvalue weighted by atomic mass is 10.4. The molecule has 0 fully saturated rings. The Balaban J connectivity index is 3.11. The molecule has 0 amide bonds. The number of nitrogens with zero attached hydrogens (tertiary/aromatic N) is 1. The van der Waals surface area contributed by atoms with Crippen molar-refractivity contribution in [2.24, 2.45) is 0 Å². The molecule has 2 N–H and O–H groups in total. The molecule has 0 saturated heterocycles. The predicted octanol–water partition coefficient (Wildman–Crippen LogP) is -0.608. The van der Waals surface area contributed by atoms with Gasteiger partial charge in [0.2, 0.25) is 0 Å². The molecule has 0 radical (unpaired) electrons. The van der Waals surface area contributed by atoms with Crippen LogP contribution in [-0.4, -0.2) is 21.6 Å². The topological polar surface area (TPSA) is 66.9 Å². The molecule has 0 unspecified atom stereocenters. The third-order valence-electron chi connectivity index (χ3n) is 1.78. The number of aryl methyl sites for hydroxylation is 1. The first kappa shape index (κ1) is 10.6. The first-order valence-electron chi connectivity index (χ1n) is 4.05. The van der Waals surface area contributed by atoms with Gasteiger partial charge in [0.05, 0.1) is 11.5 Å². The van der Waals surface area contributed by atoms with Gasteiger partial charge in [0, 0.05) is 18.8 Å². The standard InChI is InChI=1S/C8H11N3O2S/c1-5-3-11(4-6(14)9-2)8(13)10-7(5)12/h3H,4H2,1-2H3,(H,9,14)(H,10,12,13). The van der Waals surface area contributed by atoms with Gasteiger partial charge in [0.25, 0.3) is 5.56 Å². The Morgan fingerprint density at radius 1 is 1.64 bits per heavy atom. The second kappa shape index (κ2) is 4.19. The molecular weight excluding hydrogens is 202 g/mol. The summed E-state index contributed by atoms with van der Waals surface area (Å²) in [5.74, 6) is 0. The Hall–Kier alpha value is -1.43. The highest BCUT2D eigenvalue weighted by atomic mass is 32.1. The summed E-state index contributed by atoms with van der Waals surface area (Å²) in [6.45, 7) is 1.92. The molecule has 0 saturated carbocycles. The van der Waals surface area contributed by atoms with Crippen molar-refractivity contribution in [1.29, 1.82) is 0 Å². The van der Waals surface area contributed by atoms with E-state index in [0.717, 1.165) is 0 Å². The molecule has 1 rings (SSSR count). The minimum atomic E-state index is -0.446. The summed E-state index contributed by atoms with van der Waals surface area (Å²) in [6, 6.07) is 0. The van der Waals surface area contributed by atoms with E-state index in [-0.39, 0.29) is 12.1 Å². The summed E-state index contributed by atoms with van der Waals surface area (Å²) in [5, 5.41) is 2.75. The number of hydrogen-bond acceptors (Lipinski definition) is 3. The smallest absolute Gasteiger partial charge is 0.328 e. The lowest BCUT2D eigenvalue weighted by Gasteiger charge is -2.06. The molecule has 1 heterocycles. The highest BCUT2D eigenvalue weighted by Crippen LogP contribution is 1.85. The van der Waals surface area contributed by atoms with Crippen LogP contribution in [0.1, 0.15) is 5.56 Å². The minimum Gasteiger partial charge on any atom is -0.381 e. The normalized spacial score (nSPS) is 9.86. The number of thiocarbonyl (C=S) groups is 1. The van der Waals surface area contributed by atoms with E-state index in [1.165, 1.54) is 10.8 Å². The second-order valence-corrected chi connectivity index (χ2v) is 3.37. The molecule has 0 bridgehead atoms. The van der Waals surface area contributed by atoms with Crippen molar-refractivity contribution < 1.29 is 0 Å². The zero-order chi connectivity index (χ0) is 10.7. The molecule has 1 aromatic heterocycles. The van der Waals surface area contributed by atoms with Crippen molar-refractivity contribution in [2.45, 2.75) is 13.5 Å². The number of aromatic amines is 1. The quantitative estimate of drug-likeness (QED) is 0.643. The molecule has 1 aromatic rings. The molecule has 0 aromatic carbocycles. The van der Waals surface area contributed by atoms with Crippen LogP contribution in [0.3, 0.4) is 0 Å². The third-order valence-corrected chi connectivity index (χ3v) is 2.11. The molecule has 0 spiro atoms. The van der Waals surface area contributed by atoms with Gasteiger partial charge in [-0.1, -0.05) is 12.2 Å². The van der Waals surface area contributed by atoms with E-state index < -0.39 is 5.69 Å². The Morgan fingerprint density at radius 3 is 2.86 bits per heavy atom. The summed E-state index contributed by atoms with van der Waals surface area (Å²) in [5.41, 5.74) is -0.316. The number of likely N-dealkylation sites (N-methyl/N-ethyl adjacent to an activating group) is 1. The van der Waals surface area contributed by atoms with Crippen LogP contribution in [0.15, 0.2) is 15.8 Å². The number of aromatic nitrogens is 2. The van der Waals surface area contributed by atoms with Crippen LogP contribution in [0, 0.1) is 6.92 Å². The zero-order valence-electron chi connectivity index (χ0n) is 7.96. The summed E-state index contributed by atoms with van der Waals surface area (Å²) in [4.78, 5) is 25.0. The molecule has 14 heavy (non-hydrogen) atoms. The van der Waals surface area contributed by atoms with Crippen LogP contribution in [0.2, 0.25) is 0 Å². The van der Waals surface area contributed by atoms with Crippen LogP contribution in [0.5, 0.6) is 0 Å². The van der Waals surface area contributed by atoms with Gasteiger partial charge in [-0.05, 0) is 6.92 Å². The fourth-order valence-electron chi connectivity index (χ4n) is 0.970. The summed E-state index contributed by atoms with van der Waals surface area (Å²) in [6.07, 6.45) is 1.49. The van der Waals surface area contributed by atoms with Crippen LogP contribution in [0.4, 0.5) is 0 Å². The van der Waals surface area contributed by atoms with Crippen molar-refractivity contribution in [2.75, 3.05) is 7.05 Å².